The number of hydrogen-bond donors (Lipinski definition) is 0. The van der Waals surface area contributed by atoms with Crippen molar-refractivity contribution >= 4 is 108 Å². The first-order chi connectivity index (χ1) is 18.9. The Balaban J connectivity index is 1.61. The SMILES string of the molecule is c1cc2ccc3ccc4cc5c6c7c8c-5ccc5ccc9ccc%10ccc(c%11c(c1)c2c3c4c6%11)c7c%10c9c58. The van der Waals surface area contributed by atoms with Crippen LogP contribution in [-0.2, 0) is 0 Å². The van der Waals surface area contributed by atoms with E-state index in [1.54, 1.807) is 0 Å². The zero-order valence-electron chi connectivity index (χ0n) is 20.2. The van der Waals surface area contributed by atoms with Gasteiger partial charge in [-0.05, 0) is 125 Å². The number of rotatable bonds is 0. The standard InChI is InChI=1S/C38H16/c1-2-17-4-5-18-10-11-22-16-26-23-14-12-20-8-6-19-7-9-21-13-15-25-33-24(3-1)27(17)28(18)32(22)37(33)36(26)38-34(23)30(20)29(19)31(21)35(25)38/h1-16H. The molecule has 12 rings (SSSR count). The molecule has 1 aliphatic carbocycles. The second kappa shape index (κ2) is 5.21. The van der Waals surface area contributed by atoms with Gasteiger partial charge in [-0.15, -0.1) is 0 Å². The van der Waals surface area contributed by atoms with Crippen LogP contribution in [0.1, 0.15) is 0 Å². The van der Waals surface area contributed by atoms with E-state index in [9.17, 15) is 0 Å². The van der Waals surface area contributed by atoms with E-state index >= 15 is 0 Å². The largest absolute Gasteiger partial charge is 0.0610 e. The zero-order valence-corrected chi connectivity index (χ0v) is 20.2. The molecule has 0 heterocycles. The highest BCUT2D eigenvalue weighted by atomic mass is 14.3. The van der Waals surface area contributed by atoms with Crippen LogP contribution in [0.15, 0.2) is 97.1 Å². The van der Waals surface area contributed by atoms with Crippen molar-refractivity contribution in [2.24, 2.45) is 0 Å². The molecule has 0 saturated heterocycles. The first-order valence-corrected chi connectivity index (χ1v) is 13.5. The minimum Gasteiger partial charge on any atom is -0.0610 e. The summed E-state index contributed by atoms with van der Waals surface area (Å²) in [5, 5.41) is 28.3. The van der Waals surface area contributed by atoms with E-state index in [2.05, 4.69) is 97.1 Å². The third kappa shape index (κ3) is 1.54. The van der Waals surface area contributed by atoms with Gasteiger partial charge in [0.05, 0.1) is 0 Å². The molecular formula is C38H16. The Bertz CT molecular complexity index is 2860. The number of hydrogen-bond acceptors (Lipinski definition) is 0. The topological polar surface area (TPSA) is 0 Å². The van der Waals surface area contributed by atoms with Crippen LogP contribution in [0, 0.1) is 0 Å². The molecule has 0 aliphatic heterocycles. The Morgan fingerprint density at radius 2 is 0.711 bits per heavy atom. The lowest BCUT2D eigenvalue weighted by Crippen LogP contribution is -1.93. The third-order valence-corrected chi connectivity index (χ3v) is 10.1. The molecule has 0 spiro atoms. The predicted octanol–water partition coefficient (Wildman–Crippen LogP) is 11.0. The molecule has 0 fully saturated rings. The predicted molar refractivity (Wildman–Crippen MR) is 165 cm³/mol. The van der Waals surface area contributed by atoms with Crippen molar-refractivity contribution in [3.63, 3.8) is 0 Å². The van der Waals surface area contributed by atoms with E-state index in [1.807, 2.05) is 0 Å². The molecular weight excluding hydrogens is 456 g/mol. The molecule has 38 heavy (non-hydrogen) atoms. The number of fused-ring (bicyclic) bond motifs is 3. The van der Waals surface area contributed by atoms with Crippen LogP contribution >= 0.6 is 0 Å². The van der Waals surface area contributed by atoms with E-state index < -0.39 is 0 Å². The van der Waals surface area contributed by atoms with Crippen LogP contribution in [0.2, 0.25) is 0 Å². The molecule has 0 atom stereocenters. The molecule has 0 bridgehead atoms. The van der Waals surface area contributed by atoms with E-state index in [1.165, 1.54) is 119 Å². The molecule has 11 aromatic rings. The molecule has 0 heteroatoms. The van der Waals surface area contributed by atoms with Gasteiger partial charge in [-0.1, -0.05) is 91.0 Å². The van der Waals surface area contributed by atoms with Crippen molar-refractivity contribution in [3.8, 4) is 11.1 Å². The smallest absolute Gasteiger partial charge is 0.0000699 e. The zero-order chi connectivity index (χ0) is 24.0. The first kappa shape index (κ1) is 17.5. The highest BCUT2D eigenvalue weighted by Crippen LogP contribution is 2.59. The van der Waals surface area contributed by atoms with Gasteiger partial charge in [0.2, 0.25) is 0 Å². The van der Waals surface area contributed by atoms with Gasteiger partial charge in [0.15, 0.2) is 0 Å². The quantitative estimate of drug-likeness (QED) is 0.152. The van der Waals surface area contributed by atoms with Crippen molar-refractivity contribution in [3.05, 3.63) is 97.1 Å². The van der Waals surface area contributed by atoms with Crippen LogP contribution in [0.25, 0.3) is 119 Å². The van der Waals surface area contributed by atoms with Gasteiger partial charge < -0.3 is 0 Å². The van der Waals surface area contributed by atoms with Crippen molar-refractivity contribution in [1.29, 1.82) is 0 Å². The maximum Gasteiger partial charge on any atom is -0.0000699 e. The average Bonchev–Trinajstić information content (AvgIpc) is 3.31. The minimum absolute atomic E-state index is 1.34. The fraction of sp³-hybridized carbons (Fsp3) is 0. The fourth-order valence-corrected chi connectivity index (χ4v) is 8.81. The van der Waals surface area contributed by atoms with Gasteiger partial charge in [-0.25, -0.2) is 0 Å². The second-order valence-corrected chi connectivity index (χ2v) is 11.6. The second-order valence-electron chi connectivity index (χ2n) is 11.6. The normalized spacial score (nSPS) is 13.8. The summed E-state index contributed by atoms with van der Waals surface area (Å²) >= 11 is 0. The van der Waals surface area contributed by atoms with Gasteiger partial charge in [0, 0.05) is 0 Å². The molecule has 1 aliphatic rings. The summed E-state index contributed by atoms with van der Waals surface area (Å²) < 4.78 is 0. The molecule has 0 aromatic heterocycles. The Hall–Kier alpha value is -4.94. The Morgan fingerprint density at radius 3 is 1.47 bits per heavy atom. The molecule has 0 radical (unpaired) electrons. The molecule has 0 saturated carbocycles. The highest BCUT2D eigenvalue weighted by molar-refractivity contribution is 6.55. The fourth-order valence-electron chi connectivity index (χ4n) is 8.81. The first-order valence-electron chi connectivity index (χ1n) is 13.5. The molecule has 168 valence electrons. The lowest BCUT2D eigenvalue weighted by Gasteiger charge is -2.22. The van der Waals surface area contributed by atoms with E-state index in [4.69, 9.17) is 0 Å². The average molecular weight is 473 g/mol. The maximum atomic E-state index is 2.50. The van der Waals surface area contributed by atoms with Gasteiger partial charge in [-0.3, -0.25) is 0 Å². The third-order valence-electron chi connectivity index (χ3n) is 10.1. The van der Waals surface area contributed by atoms with Crippen LogP contribution in [0.4, 0.5) is 0 Å². The summed E-state index contributed by atoms with van der Waals surface area (Å²) in [5.41, 5.74) is 2.82. The molecule has 0 unspecified atom stereocenters. The summed E-state index contributed by atoms with van der Waals surface area (Å²) in [6.07, 6.45) is 0. The van der Waals surface area contributed by atoms with Crippen molar-refractivity contribution < 1.29 is 0 Å². The summed E-state index contributed by atoms with van der Waals surface area (Å²) in [6.45, 7) is 0. The Kier molecular flexibility index (Phi) is 2.40. The van der Waals surface area contributed by atoms with Crippen molar-refractivity contribution in [2.75, 3.05) is 0 Å². The van der Waals surface area contributed by atoms with Gasteiger partial charge in [0.1, 0.15) is 0 Å². The van der Waals surface area contributed by atoms with Crippen LogP contribution < -0.4 is 0 Å². The molecule has 0 amide bonds. The summed E-state index contributed by atoms with van der Waals surface area (Å²) in [6, 6.07) is 37.5. The number of benzene rings is 11. The van der Waals surface area contributed by atoms with Gasteiger partial charge in [-0.2, -0.15) is 0 Å². The Morgan fingerprint density at radius 1 is 0.237 bits per heavy atom. The van der Waals surface area contributed by atoms with E-state index in [-0.39, 0.29) is 0 Å². The van der Waals surface area contributed by atoms with Crippen LogP contribution in [0.3, 0.4) is 0 Å². The molecule has 11 aromatic carbocycles. The monoisotopic (exact) mass is 472 g/mol. The molecule has 0 nitrogen and oxygen atoms in total. The van der Waals surface area contributed by atoms with Crippen molar-refractivity contribution in [1.82, 2.24) is 0 Å². The van der Waals surface area contributed by atoms with E-state index in [0.717, 1.165) is 0 Å². The lowest BCUT2D eigenvalue weighted by atomic mass is 9.80. The van der Waals surface area contributed by atoms with Crippen LogP contribution in [-0.4, -0.2) is 0 Å². The summed E-state index contributed by atoms with van der Waals surface area (Å²) in [7, 11) is 0. The maximum absolute atomic E-state index is 2.50. The minimum atomic E-state index is 1.34. The lowest BCUT2D eigenvalue weighted by molar-refractivity contribution is 1.80. The van der Waals surface area contributed by atoms with Crippen molar-refractivity contribution in [2.45, 2.75) is 0 Å². The van der Waals surface area contributed by atoms with Crippen LogP contribution in [0.5, 0.6) is 0 Å². The van der Waals surface area contributed by atoms with Gasteiger partial charge >= 0.3 is 0 Å². The molecule has 0 N–H and O–H groups in total. The highest BCUT2D eigenvalue weighted by Gasteiger charge is 2.30. The van der Waals surface area contributed by atoms with Gasteiger partial charge in [0.25, 0.3) is 0 Å². The summed E-state index contributed by atoms with van der Waals surface area (Å²) in [5.74, 6) is 0. The van der Waals surface area contributed by atoms with E-state index in [0.29, 0.717) is 0 Å². The summed E-state index contributed by atoms with van der Waals surface area (Å²) in [4.78, 5) is 0. The Labute approximate surface area is 215 Å².